The minimum atomic E-state index is -2.93. The van der Waals surface area contributed by atoms with Gasteiger partial charge < -0.3 is 14.8 Å². The molecule has 1 amide bonds. The van der Waals surface area contributed by atoms with E-state index in [4.69, 9.17) is 11.6 Å². The first-order valence-corrected chi connectivity index (χ1v) is 5.39. The summed E-state index contributed by atoms with van der Waals surface area (Å²) < 4.78 is 33.3. The predicted molar refractivity (Wildman–Crippen MR) is 61.8 cm³/mol. The van der Waals surface area contributed by atoms with Crippen molar-refractivity contribution >= 4 is 17.5 Å². The fourth-order valence-corrected chi connectivity index (χ4v) is 1.47. The second kappa shape index (κ2) is 7.13. The van der Waals surface area contributed by atoms with Gasteiger partial charge in [0.1, 0.15) is 12.4 Å². The maximum absolute atomic E-state index is 12.2. The smallest absolute Gasteiger partial charge is 0.387 e. The van der Waals surface area contributed by atoms with Gasteiger partial charge in [-0.05, 0) is 18.2 Å². The lowest BCUT2D eigenvalue weighted by atomic mass is 10.2. The van der Waals surface area contributed by atoms with Crippen LogP contribution in [0.15, 0.2) is 18.2 Å². The summed E-state index contributed by atoms with van der Waals surface area (Å²) in [6.07, 6.45) is 0. The molecule has 0 saturated carbocycles. The number of hydrogen-bond acceptors (Lipinski definition) is 3. The van der Waals surface area contributed by atoms with Crippen LogP contribution < -0.4 is 10.1 Å². The summed E-state index contributed by atoms with van der Waals surface area (Å²) in [5.41, 5.74) is 0.368. The van der Waals surface area contributed by atoms with Crippen LogP contribution in [0, 0.1) is 0 Å². The zero-order chi connectivity index (χ0) is 13.5. The van der Waals surface area contributed by atoms with Crippen LogP contribution in [0.3, 0.4) is 0 Å². The van der Waals surface area contributed by atoms with Crippen molar-refractivity contribution < 1.29 is 23.0 Å². The van der Waals surface area contributed by atoms with E-state index in [2.05, 4.69) is 14.8 Å². The molecule has 0 atom stereocenters. The third-order valence-corrected chi connectivity index (χ3v) is 2.23. The molecule has 0 spiro atoms. The predicted octanol–water partition coefficient (Wildman–Crippen LogP) is 2.20. The van der Waals surface area contributed by atoms with Crippen molar-refractivity contribution in [1.29, 1.82) is 0 Å². The van der Waals surface area contributed by atoms with Gasteiger partial charge in [0, 0.05) is 24.2 Å². The number of methoxy groups -OCH3 is 1. The average molecular weight is 280 g/mol. The van der Waals surface area contributed by atoms with Crippen LogP contribution >= 0.6 is 11.6 Å². The Balaban J connectivity index is 2.72. The van der Waals surface area contributed by atoms with Crippen LogP contribution in [-0.2, 0) is 16.1 Å². The van der Waals surface area contributed by atoms with E-state index < -0.39 is 6.61 Å². The highest BCUT2D eigenvalue weighted by molar-refractivity contribution is 6.30. The highest BCUT2D eigenvalue weighted by atomic mass is 35.5. The number of rotatable bonds is 6. The molecule has 1 rings (SSSR count). The largest absolute Gasteiger partial charge is 0.434 e. The summed E-state index contributed by atoms with van der Waals surface area (Å²) in [7, 11) is 1.38. The zero-order valence-electron chi connectivity index (χ0n) is 9.58. The highest BCUT2D eigenvalue weighted by Crippen LogP contribution is 2.24. The minimum absolute atomic E-state index is 0.0212. The number of ether oxygens (including phenoxy) is 2. The molecule has 4 nitrogen and oxygen atoms in total. The number of nitrogens with one attached hydrogen (secondary N) is 1. The van der Waals surface area contributed by atoms with E-state index in [1.165, 1.54) is 25.3 Å². The maximum Gasteiger partial charge on any atom is 0.387 e. The molecule has 0 heterocycles. The number of carbonyl (C=O) groups is 1. The second-order valence-electron chi connectivity index (χ2n) is 3.34. The molecule has 0 saturated heterocycles. The maximum atomic E-state index is 12.2. The SMILES string of the molecule is COCC(=O)NCc1cc(Cl)ccc1OC(F)F. The molecule has 1 aromatic rings. The third-order valence-electron chi connectivity index (χ3n) is 1.99. The van der Waals surface area contributed by atoms with Crippen molar-refractivity contribution in [3.63, 3.8) is 0 Å². The van der Waals surface area contributed by atoms with Gasteiger partial charge in [-0.3, -0.25) is 4.79 Å². The monoisotopic (exact) mass is 279 g/mol. The van der Waals surface area contributed by atoms with Gasteiger partial charge in [-0.15, -0.1) is 0 Å². The molecule has 0 bridgehead atoms. The Bertz CT molecular complexity index is 415. The quantitative estimate of drug-likeness (QED) is 0.868. The molecule has 0 fully saturated rings. The molecule has 7 heteroatoms. The van der Waals surface area contributed by atoms with Crippen LogP contribution in [0.2, 0.25) is 5.02 Å². The van der Waals surface area contributed by atoms with E-state index >= 15 is 0 Å². The fraction of sp³-hybridized carbons (Fsp3) is 0.364. The van der Waals surface area contributed by atoms with Crippen molar-refractivity contribution in [2.24, 2.45) is 0 Å². The Labute approximate surface area is 108 Å². The Morgan fingerprint density at radius 2 is 2.22 bits per heavy atom. The van der Waals surface area contributed by atoms with Gasteiger partial charge in [0.05, 0.1) is 0 Å². The van der Waals surface area contributed by atoms with Crippen LogP contribution in [0.1, 0.15) is 5.56 Å². The summed E-state index contributed by atoms with van der Waals surface area (Å²) >= 11 is 5.75. The van der Waals surface area contributed by atoms with E-state index in [-0.39, 0.29) is 24.8 Å². The van der Waals surface area contributed by atoms with E-state index in [1.807, 2.05) is 0 Å². The Morgan fingerprint density at radius 3 is 2.83 bits per heavy atom. The number of benzene rings is 1. The molecule has 0 aliphatic heterocycles. The molecule has 0 radical (unpaired) electrons. The molecule has 18 heavy (non-hydrogen) atoms. The first-order valence-electron chi connectivity index (χ1n) is 5.01. The first-order chi connectivity index (χ1) is 8.52. The van der Waals surface area contributed by atoms with Crippen molar-refractivity contribution in [3.8, 4) is 5.75 Å². The van der Waals surface area contributed by atoms with Gasteiger partial charge in [-0.25, -0.2) is 0 Å². The van der Waals surface area contributed by atoms with E-state index in [9.17, 15) is 13.6 Å². The van der Waals surface area contributed by atoms with Crippen molar-refractivity contribution in [3.05, 3.63) is 28.8 Å². The number of alkyl halides is 2. The molecule has 1 aromatic carbocycles. The summed E-state index contributed by atoms with van der Waals surface area (Å²) in [6, 6.07) is 4.21. The summed E-state index contributed by atoms with van der Waals surface area (Å²) in [4.78, 5) is 11.2. The Morgan fingerprint density at radius 1 is 1.50 bits per heavy atom. The van der Waals surface area contributed by atoms with Gasteiger partial charge in [0.2, 0.25) is 5.91 Å². The van der Waals surface area contributed by atoms with Crippen molar-refractivity contribution in [1.82, 2.24) is 5.32 Å². The molecule has 100 valence electrons. The van der Waals surface area contributed by atoms with Crippen LogP contribution in [0.5, 0.6) is 5.75 Å². The normalized spacial score (nSPS) is 10.5. The molecular formula is C11H12ClF2NO3. The lowest BCUT2D eigenvalue weighted by molar-refractivity contribution is -0.124. The topological polar surface area (TPSA) is 47.6 Å². The molecule has 0 unspecified atom stereocenters. The zero-order valence-corrected chi connectivity index (χ0v) is 10.3. The van der Waals surface area contributed by atoms with Crippen LogP contribution in [0.4, 0.5) is 8.78 Å². The summed E-state index contributed by atoms with van der Waals surface area (Å²) in [5.74, 6) is -0.382. The molecule has 0 aromatic heterocycles. The lowest BCUT2D eigenvalue weighted by Gasteiger charge is -2.11. The Hall–Kier alpha value is -1.40. The average Bonchev–Trinajstić information content (AvgIpc) is 2.29. The second-order valence-corrected chi connectivity index (χ2v) is 3.78. The third kappa shape index (κ3) is 4.85. The number of halogens is 3. The molecule has 1 N–H and O–H groups in total. The van der Waals surface area contributed by atoms with Crippen LogP contribution in [-0.4, -0.2) is 26.2 Å². The standard InChI is InChI=1S/C11H12ClF2NO3/c1-17-6-10(16)15-5-7-4-8(12)2-3-9(7)18-11(13)14/h2-4,11H,5-6H2,1H3,(H,15,16). The van der Waals surface area contributed by atoms with Gasteiger partial charge in [0.15, 0.2) is 0 Å². The molecular weight excluding hydrogens is 268 g/mol. The molecule has 0 aliphatic carbocycles. The van der Waals surface area contributed by atoms with Crippen LogP contribution in [0.25, 0.3) is 0 Å². The highest BCUT2D eigenvalue weighted by Gasteiger charge is 2.11. The minimum Gasteiger partial charge on any atom is -0.434 e. The van der Waals surface area contributed by atoms with Crippen molar-refractivity contribution in [2.45, 2.75) is 13.2 Å². The van der Waals surface area contributed by atoms with Gasteiger partial charge in [-0.1, -0.05) is 11.6 Å². The van der Waals surface area contributed by atoms with Gasteiger partial charge >= 0.3 is 6.61 Å². The number of carbonyl (C=O) groups excluding carboxylic acids is 1. The van der Waals surface area contributed by atoms with Crippen molar-refractivity contribution in [2.75, 3.05) is 13.7 Å². The van der Waals surface area contributed by atoms with E-state index in [0.29, 0.717) is 10.6 Å². The summed E-state index contributed by atoms with van der Waals surface area (Å²) in [6.45, 7) is -3.00. The van der Waals surface area contributed by atoms with Gasteiger partial charge in [-0.2, -0.15) is 8.78 Å². The number of hydrogen-bond donors (Lipinski definition) is 1. The first kappa shape index (κ1) is 14.7. The Kier molecular flexibility index (Phi) is 5.80. The fourth-order valence-electron chi connectivity index (χ4n) is 1.27. The van der Waals surface area contributed by atoms with E-state index in [0.717, 1.165) is 0 Å². The summed E-state index contributed by atoms with van der Waals surface area (Å²) in [5, 5.41) is 2.86. The van der Waals surface area contributed by atoms with E-state index in [1.54, 1.807) is 0 Å². The van der Waals surface area contributed by atoms with Gasteiger partial charge in [0.25, 0.3) is 0 Å². The number of amides is 1. The molecule has 0 aliphatic rings. The lowest BCUT2D eigenvalue weighted by Crippen LogP contribution is -2.26.